The van der Waals surface area contributed by atoms with E-state index in [0.29, 0.717) is 5.75 Å². The highest BCUT2D eigenvalue weighted by atomic mass is 32.2. The second kappa shape index (κ2) is 3.91. The minimum atomic E-state index is -4.17. The number of halogens is 3. The van der Waals surface area contributed by atoms with Crippen LogP contribution in [0, 0.1) is 6.26 Å². The summed E-state index contributed by atoms with van der Waals surface area (Å²) >= 11 is 1.12. The van der Waals surface area contributed by atoms with E-state index in [1.165, 1.54) is 0 Å². The fraction of sp³-hybridized carbons (Fsp3) is 0.500. The molecule has 10 heavy (non-hydrogen) atoms. The zero-order chi connectivity index (χ0) is 8.20. The van der Waals surface area contributed by atoms with Gasteiger partial charge in [-0.3, -0.25) is 0 Å². The maximum atomic E-state index is 11.7. The van der Waals surface area contributed by atoms with Gasteiger partial charge in [0.15, 0.2) is 0 Å². The molecule has 0 saturated heterocycles. The highest BCUT2D eigenvalue weighted by Gasteiger charge is 2.29. The van der Waals surface area contributed by atoms with Gasteiger partial charge in [-0.25, -0.2) is 0 Å². The third-order valence-electron chi connectivity index (χ3n) is 0.955. The van der Waals surface area contributed by atoms with Crippen molar-refractivity contribution in [2.45, 2.75) is 13.1 Å². The third-order valence-corrected chi connectivity index (χ3v) is 1.36. The van der Waals surface area contributed by atoms with Crippen LogP contribution in [0.1, 0.15) is 6.92 Å². The van der Waals surface area contributed by atoms with Crippen molar-refractivity contribution in [3.8, 4) is 0 Å². The molecular weight excluding hydrogens is 161 g/mol. The van der Waals surface area contributed by atoms with Gasteiger partial charge < -0.3 is 0 Å². The van der Waals surface area contributed by atoms with Crippen LogP contribution in [0.4, 0.5) is 13.2 Å². The van der Waals surface area contributed by atoms with Gasteiger partial charge in [0.05, 0.1) is 0 Å². The third kappa shape index (κ3) is 3.82. The van der Waals surface area contributed by atoms with E-state index in [2.05, 4.69) is 6.26 Å². The number of hydrogen-bond donors (Lipinski definition) is 0. The van der Waals surface area contributed by atoms with E-state index in [1.54, 1.807) is 0 Å². The predicted octanol–water partition coefficient (Wildman–Crippen LogP) is 3.02. The monoisotopic (exact) mass is 169 g/mol. The minimum Gasteiger partial charge on any atom is -0.167 e. The van der Waals surface area contributed by atoms with Gasteiger partial charge >= 0.3 is 6.18 Å². The topological polar surface area (TPSA) is 0 Å². The highest BCUT2D eigenvalue weighted by molar-refractivity contribution is 8.00. The Balaban J connectivity index is 3.93. The smallest absolute Gasteiger partial charge is 0.167 e. The summed E-state index contributed by atoms with van der Waals surface area (Å²) in [4.78, 5) is 0. The molecule has 0 atom stereocenters. The van der Waals surface area contributed by atoms with E-state index in [4.69, 9.17) is 0 Å². The van der Waals surface area contributed by atoms with Crippen molar-refractivity contribution in [1.82, 2.24) is 0 Å². The Labute approximate surface area is 62.5 Å². The second-order valence-corrected chi connectivity index (χ2v) is 2.50. The zero-order valence-electron chi connectivity index (χ0n) is 5.53. The molecule has 59 valence electrons. The number of rotatable bonds is 2. The minimum absolute atomic E-state index is 0.311. The Morgan fingerprint density at radius 3 is 2.40 bits per heavy atom. The molecule has 0 aromatic heterocycles. The Kier molecular flexibility index (Phi) is 3.86. The molecule has 0 aromatic carbocycles. The first-order valence-electron chi connectivity index (χ1n) is 2.59. The largest absolute Gasteiger partial charge is 0.412 e. The van der Waals surface area contributed by atoms with E-state index >= 15 is 0 Å². The Morgan fingerprint density at radius 2 is 2.10 bits per heavy atom. The van der Waals surface area contributed by atoms with Crippen molar-refractivity contribution in [3.63, 3.8) is 0 Å². The van der Waals surface area contributed by atoms with Crippen molar-refractivity contribution in [2.24, 2.45) is 0 Å². The summed E-state index contributed by atoms with van der Waals surface area (Å²) < 4.78 is 35.0. The number of thioether (sulfide) groups is 1. The molecule has 0 aliphatic rings. The molecule has 0 aliphatic carbocycles. The summed E-state index contributed by atoms with van der Waals surface area (Å²) in [6, 6.07) is 0. The van der Waals surface area contributed by atoms with Gasteiger partial charge in [-0.15, -0.1) is 0 Å². The van der Waals surface area contributed by atoms with Crippen molar-refractivity contribution >= 4 is 11.8 Å². The number of hydrogen-bond acceptors (Lipinski definition) is 1. The number of alkyl halides is 3. The van der Waals surface area contributed by atoms with Crippen LogP contribution in [0.3, 0.4) is 0 Å². The van der Waals surface area contributed by atoms with Gasteiger partial charge in [0, 0.05) is 17.6 Å². The van der Waals surface area contributed by atoms with Gasteiger partial charge in [0.1, 0.15) is 0 Å². The van der Waals surface area contributed by atoms with Crippen molar-refractivity contribution < 1.29 is 13.2 Å². The fourth-order valence-electron chi connectivity index (χ4n) is 0.300. The van der Waals surface area contributed by atoms with Crippen LogP contribution in [0.15, 0.2) is 11.6 Å². The van der Waals surface area contributed by atoms with Crippen LogP contribution in [0.5, 0.6) is 0 Å². The first kappa shape index (κ1) is 9.88. The lowest BCUT2D eigenvalue weighted by molar-refractivity contribution is -0.0914. The van der Waals surface area contributed by atoms with E-state index in [9.17, 15) is 13.2 Å². The molecule has 0 fully saturated rings. The Morgan fingerprint density at radius 1 is 1.60 bits per heavy atom. The summed E-state index contributed by atoms with van der Waals surface area (Å²) in [6.45, 7) is 1.05. The van der Waals surface area contributed by atoms with E-state index in [1.807, 2.05) is 0 Å². The molecule has 1 radical (unpaired) electrons. The van der Waals surface area contributed by atoms with Crippen LogP contribution in [-0.4, -0.2) is 11.9 Å². The Hall–Kier alpha value is -0.120. The first-order chi connectivity index (χ1) is 4.48. The average Bonchev–Trinajstić information content (AvgIpc) is 1.80. The van der Waals surface area contributed by atoms with Crippen molar-refractivity contribution in [3.05, 3.63) is 17.9 Å². The van der Waals surface area contributed by atoms with E-state index < -0.39 is 11.7 Å². The maximum Gasteiger partial charge on any atom is 0.412 e. The van der Waals surface area contributed by atoms with Crippen molar-refractivity contribution in [1.29, 1.82) is 0 Å². The fourth-order valence-corrected chi connectivity index (χ4v) is 0.668. The molecule has 0 nitrogen and oxygen atoms in total. The lowest BCUT2D eigenvalue weighted by Crippen LogP contribution is -2.08. The quantitative estimate of drug-likeness (QED) is 0.572. The van der Waals surface area contributed by atoms with E-state index in [0.717, 1.165) is 24.8 Å². The van der Waals surface area contributed by atoms with Gasteiger partial charge in [-0.2, -0.15) is 24.9 Å². The van der Waals surface area contributed by atoms with Crippen LogP contribution in [0.2, 0.25) is 0 Å². The normalized spacial score (nSPS) is 13.9. The van der Waals surface area contributed by atoms with Crippen LogP contribution >= 0.6 is 11.8 Å². The Bertz CT molecular complexity index is 125. The van der Waals surface area contributed by atoms with Gasteiger partial charge in [0.25, 0.3) is 0 Å². The average molecular weight is 169 g/mol. The molecule has 0 spiro atoms. The predicted molar refractivity (Wildman–Crippen MR) is 37.6 cm³/mol. The molecular formula is C6H8F3S. The molecule has 0 bridgehead atoms. The molecule has 0 saturated carbocycles. The molecule has 0 aromatic rings. The zero-order valence-corrected chi connectivity index (χ0v) is 6.35. The number of allylic oxidation sites excluding steroid dienone is 1. The molecule has 0 rings (SSSR count). The molecule has 0 amide bonds. The van der Waals surface area contributed by atoms with Crippen molar-refractivity contribution in [2.75, 3.05) is 5.75 Å². The lowest BCUT2D eigenvalue weighted by atomic mass is 10.3. The van der Waals surface area contributed by atoms with Crippen LogP contribution in [0.25, 0.3) is 0 Å². The van der Waals surface area contributed by atoms with Gasteiger partial charge in [-0.05, 0) is 6.92 Å². The standard InChI is InChI=1S/C6H8F3S/c1-5(3-4-10-2)6(7,8)9/h3H,2,4H2,1H3/b5-3+. The van der Waals surface area contributed by atoms with E-state index in [-0.39, 0.29) is 0 Å². The van der Waals surface area contributed by atoms with Gasteiger partial charge in [-0.1, -0.05) is 6.08 Å². The summed E-state index contributed by atoms with van der Waals surface area (Å²) in [5.74, 6) is 0.311. The molecule has 0 aliphatic heterocycles. The first-order valence-corrected chi connectivity index (χ1v) is 3.75. The summed E-state index contributed by atoms with van der Waals surface area (Å²) in [5, 5.41) is 0. The molecule has 0 unspecified atom stereocenters. The molecule has 4 heteroatoms. The second-order valence-electron chi connectivity index (χ2n) is 1.76. The van der Waals surface area contributed by atoms with Gasteiger partial charge in [0.2, 0.25) is 0 Å². The summed E-state index contributed by atoms with van der Waals surface area (Å²) in [7, 11) is 0. The summed E-state index contributed by atoms with van der Waals surface area (Å²) in [6.07, 6.45) is 0.296. The van der Waals surface area contributed by atoms with Crippen LogP contribution in [-0.2, 0) is 0 Å². The highest BCUT2D eigenvalue weighted by Crippen LogP contribution is 2.24. The van der Waals surface area contributed by atoms with Crippen LogP contribution < -0.4 is 0 Å². The molecule has 0 heterocycles. The lowest BCUT2D eigenvalue weighted by Gasteiger charge is -2.04. The SMILES string of the molecule is [CH2]SC/C=C(\C)C(F)(F)F. The molecule has 0 N–H and O–H groups in total. The summed E-state index contributed by atoms with van der Waals surface area (Å²) in [5.41, 5.74) is -0.552. The maximum absolute atomic E-state index is 11.7.